The Bertz CT molecular complexity index is 222. The summed E-state index contributed by atoms with van der Waals surface area (Å²) in [6.07, 6.45) is 1.44. The van der Waals surface area contributed by atoms with Gasteiger partial charge in [-0.1, -0.05) is 0 Å². The van der Waals surface area contributed by atoms with Crippen molar-refractivity contribution in [3.8, 4) is 0 Å². The van der Waals surface area contributed by atoms with Gasteiger partial charge in [0.2, 0.25) is 5.91 Å². The van der Waals surface area contributed by atoms with Gasteiger partial charge in [0, 0.05) is 14.0 Å². The molecule has 0 rings (SSSR count). The second kappa shape index (κ2) is 6.19. The van der Waals surface area contributed by atoms with Crippen LogP contribution in [0.15, 0.2) is 11.8 Å². The van der Waals surface area contributed by atoms with E-state index in [-0.39, 0.29) is 18.2 Å². The van der Waals surface area contributed by atoms with Crippen molar-refractivity contribution in [1.82, 2.24) is 5.32 Å². The maximum atomic E-state index is 11.0. The topological polar surface area (TPSA) is 64.6 Å². The summed E-state index contributed by atoms with van der Waals surface area (Å²) in [5, 5.41) is 2.33. The molecule has 13 heavy (non-hydrogen) atoms. The Morgan fingerprint density at radius 2 is 2.00 bits per heavy atom. The Morgan fingerprint density at radius 3 is 2.38 bits per heavy atom. The molecular formula is C8H13NO4. The molecule has 0 aromatic rings. The second-order valence-corrected chi connectivity index (χ2v) is 2.25. The number of amides is 1. The van der Waals surface area contributed by atoms with Crippen LogP contribution in [-0.4, -0.2) is 32.7 Å². The number of nitrogens with one attached hydrogen (secondary N) is 1. The molecule has 0 unspecified atom stereocenters. The zero-order chi connectivity index (χ0) is 10.3. The van der Waals surface area contributed by atoms with E-state index in [9.17, 15) is 9.59 Å². The van der Waals surface area contributed by atoms with E-state index >= 15 is 0 Å². The quantitative estimate of drug-likeness (QED) is 0.490. The molecule has 1 amide bonds. The molecule has 0 bridgehead atoms. The molecule has 0 spiro atoms. The molecular weight excluding hydrogens is 174 g/mol. The highest BCUT2D eigenvalue weighted by atomic mass is 16.5. The molecule has 0 saturated heterocycles. The SMILES string of the molecule is COC/C=C(/NC(C)=O)C(=O)OC. The maximum Gasteiger partial charge on any atom is 0.354 e. The van der Waals surface area contributed by atoms with Crippen LogP contribution in [0.4, 0.5) is 0 Å². The zero-order valence-electron chi connectivity index (χ0n) is 7.92. The Hall–Kier alpha value is -1.36. The first-order valence-electron chi connectivity index (χ1n) is 3.66. The van der Waals surface area contributed by atoms with Gasteiger partial charge in [-0.25, -0.2) is 4.79 Å². The Balaban J connectivity index is 4.35. The summed E-state index contributed by atoms with van der Waals surface area (Å²) in [4.78, 5) is 21.6. The van der Waals surface area contributed by atoms with Crippen molar-refractivity contribution in [2.45, 2.75) is 6.92 Å². The molecule has 0 saturated carbocycles. The van der Waals surface area contributed by atoms with Crippen molar-refractivity contribution in [1.29, 1.82) is 0 Å². The number of rotatable bonds is 4. The average Bonchev–Trinajstić information content (AvgIpc) is 2.10. The Labute approximate surface area is 76.7 Å². The van der Waals surface area contributed by atoms with Crippen LogP contribution < -0.4 is 5.32 Å². The third-order valence-corrected chi connectivity index (χ3v) is 1.17. The van der Waals surface area contributed by atoms with Gasteiger partial charge in [-0.2, -0.15) is 0 Å². The van der Waals surface area contributed by atoms with Crippen LogP contribution >= 0.6 is 0 Å². The second-order valence-electron chi connectivity index (χ2n) is 2.25. The number of ether oxygens (including phenoxy) is 2. The maximum absolute atomic E-state index is 11.0. The predicted molar refractivity (Wildman–Crippen MR) is 45.8 cm³/mol. The van der Waals surface area contributed by atoms with E-state index in [1.54, 1.807) is 0 Å². The van der Waals surface area contributed by atoms with Crippen LogP contribution in [0.25, 0.3) is 0 Å². The molecule has 0 aliphatic heterocycles. The molecule has 0 aromatic heterocycles. The average molecular weight is 187 g/mol. The fraction of sp³-hybridized carbons (Fsp3) is 0.500. The number of esters is 1. The lowest BCUT2D eigenvalue weighted by Crippen LogP contribution is -2.26. The molecule has 0 atom stereocenters. The van der Waals surface area contributed by atoms with Crippen LogP contribution in [0.2, 0.25) is 0 Å². The predicted octanol–water partition coefficient (Wildman–Crippen LogP) is -0.174. The Kier molecular flexibility index (Phi) is 5.54. The molecule has 1 N–H and O–H groups in total. The van der Waals surface area contributed by atoms with Gasteiger partial charge >= 0.3 is 5.97 Å². The smallest absolute Gasteiger partial charge is 0.354 e. The first-order chi connectivity index (χ1) is 6.11. The van der Waals surface area contributed by atoms with Gasteiger partial charge in [0.1, 0.15) is 5.70 Å². The van der Waals surface area contributed by atoms with Gasteiger partial charge < -0.3 is 14.8 Å². The summed E-state index contributed by atoms with van der Waals surface area (Å²) in [5.74, 6) is -0.917. The molecule has 5 heteroatoms. The first-order valence-corrected chi connectivity index (χ1v) is 3.66. The highest BCUT2D eigenvalue weighted by Gasteiger charge is 2.09. The molecule has 0 radical (unpaired) electrons. The van der Waals surface area contributed by atoms with E-state index in [4.69, 9.17) is 4.74 Å². The summed E-state index contributed by atoms with van der Waals surface area (Å²) < 4.78 is 9.15. The van der Waals surface area contributed by atoms with Gasteiger partial charge in [-0.05, 0) is 6.08 Å². The number of hydrogen-bond donors (Lipinski definition) is 1. The molecule has 0 aromatic carbocycles. The van der Waals surface area contributed by atoms with Gasteiger partial charge in [0.15, 0.2) is 0 Å². The van der Waals surface area contributed by atoms with Gasteiger partial charge in [-0.15, -0.1) is 0 Å². The van der Waals surface area contributed by atoms with E-state index in [1.807, 2.05) is 0 Å². The first kappa shape index (κ1) is 11.6. The summed E-state index contributed by atoms with van der Waals surface area (Å²) >= 11 is 0. The number of methoxy groups -OCH3 is 2. The largest absolute Gasteiger partial charge is 0.464 e. The van der Waals surface area contributed by atoms with Crippen molar-refractivity contribution in [3.05, 3.63) is 11.8 Å². The summed E-state index contributed by atoms with van der Waals surface area (Å²) in [6.45, 7) is 1.55. The van der Waals surface area contributed by atoms with E-state index in [0.29, 0.717) is 0 Å². The molecule has 0 aliphatic carbocycles. The van der Waals surface area contributed by atoms with Crippen molar-refractivity contribution in [2.75, 3.05) is 20.8 Å². The third-order valence-electron chi connectivity index (χ3n) is 1.17. The summed E-state index contributed by atoms with van der Waals surface area (Å²) in [5.41, 5.74) is 0.0943. The fourth-order valence-corrected chi connectivity index (χ4v) is 0.652. The van der Waals surface area contributed by atoms with Crippen molar-refractivity contribution in [3.63, 3.8) is 0 Å². The van der Waals surface area contributed by atoms with E-state index in [0.717, 1.165) is 0 Å². The number of hydrogen-bond acceptors (Lipinski definition) is 4. The lowest BCUT2D eigenvalue weighted by atomic mass is 10.4. The zero-order valence-corrected chi connectivity index (χ0v) is 7.92. The summed E-state index contributed by atoms with van der Waals surface area (Å²) in [6, 6.07) is 0. The van der Waals surface area contributed by atoms with Crippen molar-refractivity contribution < 1.29 is 19.1 Å². The van der Waals surface area contributed by atoms with Gasteiger partial charge in [0.25, 0.3) is 0 Å². The van der Waals surface area contributed by atoms with Gasteiger partial charge in [0.05, 0.1) is 13.7 Å². The normalized spacial score (nSPS) is 10.8. The molecule has 0 fully saturated rings. The standard InChI is InChI=1S/C8H13NO4/c1-6(10)9-7(4-5-12-2)8(11)13-3/h4H,5H2,1-3H3,(H,9,10)/b7-4+. The van der Waals surface area contributed by atoms with E-state index in [2.05, 4.69) is 10.1 Å². The van der Waals surface area contributed by atoms with E-state index in [1.165, 1.54) is 27.2 Å². The molecule has 0 heterocycles. The minimum Gasteiger partial charge on any atom is -0.464 e. The van der Waals surface area contributed by atoms with Crippen molar-refractivity contribution in [2.24, 2.45) is 0 Å². The number of carbonyl (C=O) groups is 2. The molecule has 5 nitrogen and oxygen atoms in total. The third kappa shape index (κ3) is 4.97. The Morgan fingerprint density at radius 1 is 1.38 bits per heavy atom. The van der Waals surface area contributed by atoms with Crippen LogP contribution in [0.5, 0.6) is 0 Å². The van der Waals surface area contributed by atoms with Gasteiger partial charge in [-0.3, -0.25) is 4.79 Å². The van der Waals surface area contributed by atoms with E-state index < -0.39 is 5.97 Å². The minimum absolute atomic E-state index is 0.0943. The highest BCUT2D eigenvalue weighted by molar-refractivity contribution is 5.93. The lowest BCUT2D eigenvalue weighted by Gasteiger charge is -2.04. The van der Waals surface area contributed by atoms with Crippen LogP contribution in [0, 0.1) is 0 Å². The van der Waals surface area contributed by atoms with Crippen molar-refractivity contribution >= 4 is 11.9 Å². The molecule has 74 valence electrons. The highest BCUT2D eigenvalue weighted by Crippen LogP contribution is 1.92. The van der Waals surface area contributed by atoms with Crippen LogP contribution in [0.1, 0.15) is 6.92 Å². The molecule has 0 aliphatic rings. The summed E-state index contributed by atoms with van der Waals surface area (Å²) in [7, 11) is 2.73. The number of carbonyl (C=O) groups excluding carboxylic acids is 2. The fourth-order valence-electron chi connectivity index (χ4n) is 0.652. The monoisotopic (exact) mass is 187 g/mol. The minimum atomic E-state index is -0.591. The van der Waals surface area contributed by atoms with Crippen LogP contribution in [-0.2, 0) is 19.1 Å². The lowest BCUT2D eigenvalue weighted by molar-refractivity contribution is -0.137. The van der Waals surface area contributed by atoms with Crippen LogP contribution in [0.3, 0.4) is 0 Å².